The first-order valence-corrected chi connectivity index (χ1v) is 9.60. The van der Waals surface area contributed by atoms with E-state index in [-0.39, 0.29) is 12.3 Å². The van der Waals surface area contributed by atoms with E-state index < -0.39 is 23.2 Å². The van der Waals surface area contributed by atoms with Gasteiger partial charge in [-0.05, 0) is 57.0 Å². The van der Waals surface area contributed by atoms with Gasteiger partial charge in [-0.25, -0.2) is 14.5 Å². The second-order valence-corrected chi connectivity index (χ2v) is 8.10. The van der Waals surface area contributed by atoms with Crippen LogP contribution in [0.1, 0.15) is 32.8 Å². The number of methoxy groups -OCH3 is 2. The zero-order chi connectivity index (χ0) is 22.1. The molecular weight excluding hydrogens is 388 g/mol. The van der Waals surface area contributed by atoms with Crippen LogP contribution in [0.5, 0.6) is 5.75 Å². The van der Waals surface area contributed by atoms with E-state index in [1.165, 1.54) is 24.2 Å². The van der Waals surface area contributed by atoms with Crippen molar-refractivity contribution in [3.63, 3.8) is 0 Å². The summed E-state index contributed by atoms with van der Waals surface area (Å²) in [6.45, 7) is 5.62. The highest BCUT2D eigenvalue weighted by Crippen LogP contribution is 2.53. The van der Waals surface area contributed by atoms with Crippen LogP contribution in [-0.2, 0) is 19.7 Å². The van der Waals surface area contributed by atoms with Gasteiger partial charge in [0.15, 0.2) is 5.78 Å². The Morgan fingerprint density at radius 1 is 1.20 bits per heavy atom. The number of carbonyl (C=O) groups excluding carboxylic acids is 3. The van der Waals surface area contributed by atoms with Gasteiger partial charge in [-0.3, -0.25) is 4.79 Å². The molecule has 0 spiro atoms. The number of ether oxygens (including phenoxy) is 3. The molecule has 1 unspecified atom stereocenters. The molecular formula is C22H26N2O6. The fraction of sp³-hybridized carbons (Fsp3) is 0.409. The van der Waals surface area contributed by atoms with Gasteiger partial charge in [0.2, 0.25) is 0 Å². The van der Waals surface area contributed by atoms with Gasteiger partial charge in [0.25, 0.3) is 0 Å². The molecule has 0 fully saturated rings. The van der Waals surface area contributed by atoms with Gasteiger partial charge in [-0.2, -0.15) is 0 Å². The molecule has 0 aromatic heterocycles. The Kier molecular flexibility index (Phi) is 5.61. The van der Waals surface area contributed by atoms with Gasteiger partial charge >= 0.3 is 12.2 Å². The molecule has 1 aromatic carbocycles. The Balaban J connectivity index is 1.99. The lowest BCUT2D eigenvalue weighted by Gasteiger charge is -2.32. The van der Waals surface area contributed by atoms with Gasteiger partial charge in [-0.1, -0.05) is 6.08 Å². The highest BCUT2D eigenvalue weighted by molar-refractivity contribution is 6.07. The molecule has 1 heterocycles. The van der Waals surface area contributed by atoms with Crippen molar-refractivity contribution in [1.29, 1.82) is 0 Å². The number of nitrogens with zero attached hydrogens (tertiary/aromatic N) is 1. The zero-order valence-electron chi connectivity index (χ0n) is 17.8. The summed E-state index contributed by atoms with van der Waals surface area (Å²) in [6.07, 6.45) is 3.93. The number of hydrogen-bond acceptors (Lipinski definition) is 6. The molecule has 0 bridgehead atoms. The van der Waals surface area contributed by atoms with E-state index in [1.807, 2.05) is 6.07 Å². The fourth-order valence-corrected chi connectivity index (χ4v) is 3.75. The molecule has 3 rings (SSSR count). The average molecular weight is 414 g/mol. The second-order valence-electron chi connectivity index (χ2n) is 8.10. The summed E-state index contributed by atoms with van der Waals surface area (Å²) in [5.74, 6) is 0.388. The largest absolute Gasteiger partial charge is 0.497 e. The third-order valence-electron chi connectivity index (χ3n) is 4.98. The summed E-state index contributed by atoms with van der Waals surface area (Å²) in [5.41, 5.74) is 0.454. The molecule has 160 valence electrons. The van der Waals surface area contributed by atoms with Crippen LogP contribution in [0.3, 0.4) is 0 Å². The summed E-state index contributed by atoms with van der Waals surface area (Å²) in [4.78, 5) is 38.2. The minimum Gasteiger partial charge on any atom is -0.497 e. The van der Waals surface area contributed by atoms with Gasteiger partial charge < -0.3 is 19.5 Å². The molecule has 0 saturated heterocycles. The van der Waals surface area contributed by atoms with Crippen LogP contribution in [0.2, 0.25) is 0 Å². The van der Waals surface area contributed by atoms with E-state index in [0.29, 0.717) is 23.6 Å². The number of benzene rings is 1. The third kappa shape index (κ3) is 3.90. The minimum atomic E-state index is -0.805. The number of carbonyl (C=O) groups is 3. The topological polar surface area (TPSA) is 94.2 Å². The zero-order valence-corrected chi connectivity index (χ0v) is 17.8. The van der Waals surface area contributed by atoms with Crippen LogP contribution in [0.25, 0.3) is 0 Å². The van der Waals surface area contributed by atoms with Crippen LogP contribution < -0.4 is 15.0 Å². The van der Waals surface area contributed by atoms with Crippen molar-refractivity contribution in [3.05, 3.63) is 47.7 Å². The Morgan fingerprint density at radius 2 is 1.93 bits per heavy atom. The smallest absolute Gasteiger partial charge is 0.418 e. The highest BCUT2D eigenvalue weighted by atomic mass is 16.6. The van der Waals surface area contributed by atoms with Crippen molar-refractivity contribution in [3.8, 4) is 5.75 Å². The average Bonchev–Trinajstić information content (AvgIpc) is 2.95. The molecule has 8 nitrogen and oxygen atoms in total. The molecule has 0 radical (unpaired) electrons. The lowest BCUT2D eigenvalue weighted by Crippen LogP contribution is -2.39. The molecule has 2 amide bonds. The SMILES string of the molecule is COC(=O)N1C2=CC(=O)C=CC2(CCNC(=O)OC(C)(C)C)c2cc(OC)ccc21. The number of allylic oxidation sites excluding steroid dienone is 3. The second kappa shape index (κ2) is 7.85. The Morgan fingerprint density at radius 3 is 2.57 bits per heavy atom. The Labute approximate surface area is 175 Å². The number of ketones is 1. The first-order valence-electron chi connectivity index (χ1n) is 9.60. The molecule has 30 heavy (non-hydrogen) atoms. The third-order valence-corrected chi connectivity index (χ3v) is 4.98. The monoisotopic (exact) mass is 414 g/mol. The maximum absolute atomic E-state index is 12.6. The summed E-state index contributed by atoms with van der Waals surface area (Å²) in [6, 6.07) is 5.33. The minimum absolute atomic E-state index is 0.227. The summed E-state index contributed by atoms with van der Waals surface area (Å²) < 4.78 is 15.6. The fourth-order valence-electron chi connectivity index (χ4n) is 3.75. The predicted molar refractivity (Wildman–Crippen MR) is 111 cm³/mol. The number of amides is 2. The van der Waals surface area contributed by atoms with Gasteiger partial charge in [-0.15, -0.1) is 0 Å². The molecule has 1 atom stereocenters. The van der Waals surface area contributed by atoms with Crippen molar-refractivity contribution in [1.82, 2.24) is 5.32 Å². The first-order chi connectivity index (χ1) is 14.1. The Bertz CT molecular complexity index is 943. The number of hydrogen-bond donors (Lipinski definition) is 1. The molecule has 1 aliphatic heterocycles. The van der Waals surface area contributed by atoms with Crippen molar-refractivity contribution in [2.45, 2.75) is 38.2 Å². The number of anilines is 1. The molecule has 1 aliphatic carbocycles. The van der Waals surface area contributed by atoms with E-state index >= 15 is 0 Å². The number of nitrogens with one attached hydrogen (secondary N) is 1. The van der Waals surface area contributed by atoms with E-state index in [1.54, 1.807) is 46.1 Å². The van der Waals surface area contributed by atoms with Gasteiger partial charge in [0.05, 0.1) is 25.3 Å². The standard InChI is InChI=1S/C22H26N2O6/c1-21(2,3)30-19(26)23-11-10-22-9-8-14(25)12-18(22)24(20(27)29-5)17-7-6-15(28-4)13-16(17)22/h6-9,12-13H,10-11H2,1-5H3,(H,23,26). The summed E-state index contributed by atoms with van der Waals surface area (Å²) in [7, 11) is 2.85. The van der Waals surface area contributed by atoms with E-state index in [2.05, 4.69) is 5.32 Å². The van der Waals surface area contributed by atoms with Crippen LogP contribution in [0.15, 0.2) is 42.1 Å². The number of rotatable bonds is 4. The molecule has 2 aliphatic rings. The highest BCUT2D eigenvalue weighted by Gasteiger charge is 2.49. The van der Waals surface area contributed by atoms with Crippen LogP contribution in [-0.4, -0.2) is 44.3 Å². The summed E-state index contributed by atoms with van der Waals surface area (Å²) >= 11 is 0. The Hall–Kier alpha value is -3.29. The quantitative estimate of drug-likeness (QED) is 0.811. The lowest BCUT2D eigenvalue weighted by molar-refractivity contribution is -0.110. The van der Waals surface area contributed by atoms with Crippen LogP contribution in [0.4, 0.5) is 15.3 Å². The first kappa shape index (κ1) is 21.4. The molecule has 1 N–H and O–H groups in total. The number of alkyl carbamates (subject to hydrolysis) is 1. The number of fused-ring (bicyclic) bond motifs is 3. The van der Waals surface area contributed by atoms with Gasteiger partial charge in [0, 0.05) is 18.3 Å². The maximum atomic E-state index is 12.6. The molecule has 1 aromatic rings. The van der Waals surface area contributed by atoms with Crippen molar-refractivity contribution >= 4 is 23.7 Å². The van der Waals surface area contributed by atoms with Crippen molar-refractivity contribution < 1.29 is 28.6 Å². The van der Waals surface area contributed by atoms with Crippen LogP contribution >= 0.6 is 0 Å². The van der Waals surface area contributed by atoms with Crippen LogP contribution in [0, 0.1) is 0 Å². The molecule has 0 saturated carbocycles. The van der Waals surface area contributed by atoms with E-state index in [4.69, 9.17) is 14.2 Å². The maximum Gasteiger partial charge on any atom is 0.418 e. The lowest BCUT2D eigenvalue weighted by atomic mass is 9.74. The van der Waals surface area contributed by atoms with Gasteiger partial charge in [0.1, 0.15) is 11.4 Å². The summed E-state index contributed by atoms with van der Waals surface area (Å²) in [5, 5.41) is 2.75. The predicted octanol–water partition coefficient (Wildman–Crippen LogP) is 3.46. The van der Waals surface area contributed by atoms with E-state index in [0.717, 1.165) is 5.56 Å². The van der Waals surface area contributed by atoms with E-state index in [9.17, 15) is 14.4 Å². The normalized spacial score (nSPS) is 19.6. The van der Waals surface area contributed by atoms with Crippen molar-refractivity contribution in [2.24, 2.45) is 0 Å². The van der Waals surface area contributed by atoms with Crippen molar-refractivity contribution in [2.75, 3.05) is 25.7 Å². The molecule has 8 heteroatoms.